The molecule has 0 aromatic heterocycles. The van der Waals surface area contributed by atoms with E-state index in [0.29, 0.717) is 0 Å². The van der Waals surface area contributed by atoms with Gasteiger partial charge in [0.1, 0.15) is 24.9 Å². The molecule has 0 heterocycles. The predicted octanol–water partition coefficient (Wildman–Crippen LogP) is 0.228. The van der Waals surface area contributed by atoms with Gasteiger partial charge in [0.15, 0.2) is 12.2 Å². The zero-order valence-electron chi connectivity index (χ0n) is 18.8. The minimum atomic E-state index is -1.40. The molecule has 1 aliphatic carbocycles. The van der Waals surface area contributed by atoms with Crippen LogP contribution in [0.3, 0.4) is 0 Å². The van der Waals surface area contributed by atoms with Crippen LogP contribution in [-0.2, 0) is 57.2 Å². The lowest BCUT2D eigenvalue weighted by atomic mass is 9.77. The molecule has 32 heavy (non-hydrogen) atoms. The number of ether oxygens (including phenoxy) is 6. The number of carbonyl (C=O) groups excluding carboxylic acids is 6. The van der Waals surface area contributed by atoms with Gasteiger partial charge in [-0.05, 0) is 6.42 Å². The van der Waals surface area contributed by atoms with Crippen LogP contribution in [0.5, 0.6) is 0 Å². The minimum absolute atomic E-state index is 0.132. The van der Waals surface area contributed by atoms with Gasteiger partial charge >= 0.3 is 35.8 Å². The maximum absolute atomic E-state index is 11.8. The molecule has 1 fully saturated rings. The molecule has 0 amide bonds. The lowest BCUT2D eigenvalue weighted by molar-refractivity contribution is -0.228. The van der Waals surface area contributed by atoms with E-state index in [-0.39, 0.29) is 6.42 Å². The fourth-order valence-corrected chi connectivity index (χ4v) is 3.53. The molecule has 0 aromatic carbocycles. The van der Waals surface area contributed by atoms with Crippen molar-refractivity contribution < 1.29 is 57.2 Å². The molecule has 0 aromatic rings. The standard InChI is InChI=1S/C20H28O12/c1-9(21)27-8-17(29-11(3)23)15-7-16(28-10(2)22)19(31-13(5)25)20(32-14(6)26)18(15)30-12(4)24/h15-20H,7-8H2,1-6H3/t15-,16-,17-,18+,19-,20-/m1/s1. The highest BCUT2D eigenvalue weighted by Gasteiger charge is 2.55. The van der Waals surface area contributed by atoms with E-state index in [4.69, 9.17) is 28.4 Å². The van der Waals surface area contributed by atoms with Gasteiger partial charge in [0, 0.05) is 47.5 Å². The first kappa shape index (κ1) is 26.9. The highest BCUT2D eigenvalue weighted by atomic mass is 16.6. The first-order chi connectivity index (χ1) is 14.8. The fraction of sp³-hybridized carbons (Fsp3) is 0.700. The van der Waals surface area contributed by atoms with Crippen molar-refractivity contribution >= 4 is 35.8 Å². The number of carbonyl (C=O) groups is 6. The largest absolute Gasteiger partial charge is 0.462 e. The van der Waals surface area contributed by atoms with Crippen LogP contribution in [0, 0.1) is 5.92 Å². The van der Waals surface area contributed by atoms with Crippen molar-refractivity contribution in [3.05, 3.63) is 0 Å². The summed E-state index contributed by atoms with van der Waals surface area (Å²) in [5.41, 5.74) is 0. The Balaban J connectivity index is 3.52. The van der Waals surface area contributed by atoms with Crippen LogP contribution in [0.2, 0.25) is 0 Å². The van der Waals surface area contributed by atoms with Crippen molar-refractivity contribution in [1.29, 1.82) is 0 Å². The zero-order valence-corrected chi connectivity index (χ0v) is 18.8. The summed E-state index contributed by atoms with van der Waals surface area (Å²) in [6.45, 7) is 6.28. The molecule has 0 aliphatic heterocycles. The molecule has 12 nitrogen and oxygen atoms in total. The summed E-state index contributed by atoms with van der Waals surface area (Å²) in [5.74, 6) is -5.38. The summed E-state index contributed by atoms with van der Waals surface area (Å²) < 4.78 is 31.5. The Bertz CT molecular complexity index is 731. The molecular formula is C20H28O12. The van der Waals surface area contributed by atoms with Crippen LogP contribution in [0.4, 0.5) is 0 Å². The smallest absolute Gasteiger partial charge is 0.303 e. The second kappa shape index (κ2) is 12.0. The Morgan fingerprint density at radius 1 is 0.625 bits per heavy atom. The number of rotatable bonds is 8. The van der Waals surface area contributed by atoms with E-state index < -0.39 is 78.9 Å². The van der Waals surface area contributed by atoms with Crippen molar-refractivity contribution in [1.82, 2.24) is 0 Å². The zero-order chi connectivity index (χ0) is 24.6. The maximum atomic E-state index is 11.8. The van der Waals surface area contributed by atoms with Crippen LogP contribution in [0.1, 0.15) is 48.0 Å². The quantitative estimate of drug-likeness (QED) is 0.359. The van der Waals surface area contributed by atoms with Crippen LogP contribution in [-0.4, -0.2) is 72.9 Å². The van der Waals surface area contributed by atoms with Gasteiger partial charge in [-0.1, -0.05) is 0 Å². The Labute approximate surface area is 184 Å². The molecular weight excluding hydrogens is 432 g/mol. The van der Waals surface area contributed by atoms with E-state index in [1.165, 1.54) is 0 Å². The summed E-state index contributed by atoms with van der Waals surface area (Å²) >= 11 is 0. The molecule has 0 saturated heterocycles. The normalized spacial score (nSPS) is 25.5. The summed E-state index contributed by atoms with van der Waals surface area (Å²) in [6, 6.07) is 0. The first-order valence-electron chi connectivity index (χ1n) is 9.81. The van der Waals surface area contributed by atoms with Gasteiger partial charge in [0.2, 0.25) is 0 Å². The molecule has 0 spiro atoms. The lowest BCUT2D eigenvalue weighted by Crippen LogP contribution is -2.61. The van der Waals surface area contributed by atoms with Gasteiger partial charge in [0.05, 0.1) is 0 Å². The average Bonchev–Trinajstić information content (AvgIpc) is 2.61. The first-order valence-corrected chi connectivity index (χ1v) is 9.81. The third-order valence-corrected chi connectivity index (χ3v) is 4.41. The fourth-order valence-electron chi connectivity index (χ4n) is 3.53. The number of hydrogen-bond acceptors (Lipinski definition) is 12. The summed E-state index contributed by atoms with van der Waals surface area (Å²) in [4.78, 5) is 70.1. The molecule has 1 saturated carbocycles. The van der Waals surface area contributed by atoms with Crippen molar-refractivity contribution in [3.8, 4) is 0 Å². The van der Waals surface area contributed by atoms with Gasteiger partial charge in [-0.25, -0.2) is 0 Å². The number of hydrogen-bond donors (Lipinski definition) is 0. The van der Waals surface area contributed by atoms with Crippen LogP contribution in [0.15, 0.2) is 0 Å². The Hall–Kier alpha value is -3.18. The molecule has 0 unspecified atom stereocenters. The Morgan fingerprint density at radius 2 is 1.09 bits per heavy atom. The van der Waals surface area contributed by atoms with E-state index in [1.54, 1.807) is 0 Å². The van der Waals surface area contributed by atoms with E-state index in [0.717, 1.165) is 41.5 Å². The topological polar surface area (TPSA) is 158 Å². The summed E-state index contributed by atoms with van der Waals surface area (Å²) in [7, 11) is 0. The molecule has 180 valence electrons. The Morgan fingerprint density at radius 3 is 1.53 bits per heavy atom. The lowest BCUT2D eigenvalue weighted by Gasteiger charge is -2.45. The summed E-state index contributed by atoms with van der Waals surface area (Å²) in [5, 5.41) is 0. The second-order valence-electron chi connectivity index (χ2n) is 7.22. The van der Waals surface area contributed by atoms with E-state index >= 15 is 0 Å². The third kappa shape index (κ3) is 8.52. The second-order valence-corrected chi connectivity index (χ2v) is 7.22. The molecule has 1 rings (SSSR count). The SMILES string of the molecule is CC(=O)OC[C@@H](OC(C)=O)[C@H]1C[C@@H](OC(C)=O)[C@@H](OC(C)=O)[C@H](OC(C)=O)[C@H]1OC(C)=O. The van der Waals surface area contributed by atoms with Crippen LogP contribution >= 0.6 is 0 Å². The number of esters is 6. The molecule has 0 bridgehead atoms. The molecule has 6 atom stereocenters. The van der Waals surface area contributed by atoms with E-state index in [2.05, 4.69) is 0 Å². The van der Waals surface area contributed by atoms with Crippen molar-refractivity contribution in [2.75, 3.05) is 6.61 Å². The monoisotopic (exact) mass is 460 g/mol. The van der Waals surface area contributed by atoms with Crippen molar-refractivity contribution in [3.63, 3.8) is 0 Å². The van der Waals surface area contributed by atoms with Gasteiger partial charge in [0.25, 0.3) is 0 Å². The van der Waals surface area contributed by atoms with Gasteiger partial charge in [-0.15, -0.1) is 0 Å². The highest BCUT2D eigenvalue weighted by molar-refractivity contribution is 5.69. The maximum Gasteiger partial charge on any atom is 0.303 e. The molecule has 0 radical (unpaired) electrons. The molecule has 0 N–H and O–H groups in total. The third-order valence-electron chi connectivity index (χ3n) is 4.41. The molecule has 1 aliphatic rings. The van der Waals surface area contributed by atoms with Crippen LogP contribution < -0.4 is 0 Å². The predicted molar refractivity (Wildman–Crippen MR) is 103 cm³/mol. The van der Waals surface area contributed by atoms with E-state index in [9.17, 15) is 28.8 Å². The average molecular weight is 460 g/mol. The van der Waals surface area contributed by atoms with Crippen molar-refractivity contribution in [2.45, 2.75) is 78.5 Å². The minimum Gasteiger partial charge on any atom is -0.462 e. The highest BCUT2D eigenvalue weighted by Crippen LogP contribution is 2.37. The van der Waals surface area contributed by atoms with Crippen molar-refractivity contribution in [2.24, 2.45) is 5.92 Å². The Kier molecular flexibility index (Phi) is 10.1. The molecule has 12 heteroatoms. The van der Waals surface area contributed by atoms with Gasteiger partial charge in [-0.2, -0.15) is 0 Å². The van der Waals surface area contributed by atoms with Crippen LogP contribution in [0.25, 0.3) is 0 Å². The van der Waals surface area contributed by atoms with Gasteiger partial charge < -0.3 is 28.4 Å². The van der Waals surface area contributed by atoms with E-state index in [1.807, 2.05) is 0 Å². The van der Waals surface area contributed by atoms with Gasteiger partial charge in [-0.3, -0.25) is 28.8 Å². The summed E-state index contributed by atoms with van der Waals surface area (Å²) in [6.07, 6.45) is -6.44.